The van der Waals surface area contributed by atoms with Crippen LogP contribution >= 0.6 is 46.4 Å². The first-order valence-electron chi connectivity index (χ1n) is 9.05. The SMILES string of the molecule is N#C/C(=C\c1cn(Cc2ccc(Cl)cc2Cl)c2ccccc12)c1ccc(Cl)c(Cl)c1. The first-order chi connectivity index (χ1) is 14.5. The first-order valence-corrected chi connectivity index (χ1v) is 10.6. The lowest BCUT2D eigenvalue weighted by Crippen LogP contribution is -1.98. The van der Waals surface area contributed by atoms with Crippen molar-refractivity contribution in [3.05, 3.63) is 104 Å². The molecule has 0 bridgehead atoms. The summed E-state index contributed by atoms with van der Waals surface area (Å²) < 4.78 is 2.11. The molecule has 0 amide bonds. The quantitative estimate of drug-likeness (QED) is 0.275. The van der Waals surface area contributed by atoms with Crippen LogP contribution in [0.5, 0.6) is 0 Å². The first kappa shape index (κ1) is 20.8. The normalized spacial score (nSPS) is 11.6. The van der Waals surface area contributed by atoms with Gasteiger partial charge in [0.2, 0.25) is 0 Å². The lowest BCUT2D eigenvalue weighted by Gasteiger charge is -2.08. The van der Waals surface area contributed by atoms with Gasteiger partial charge in [0, 0.05) is 39.3 Å². The second kappa shape index (κ2) is 8.76. The molecular weight excluding hydrogens is 458 g/mol. The fraction of sp³-hybridized carbons (Fsp3) is 0.0417. The van der Waals surface area contributed by atoms with Crippen molar-refractivity contribution in [3.8, 4) is 6.07 Å². The second-order valence-electron chi connectivity index (χ2n) is 6.76. The number of para-hydroxylation sites is 1. The fourth-order valence-electron chi connectivity index (χ4n) is 3.35. The van der Waals surface area contributed by atoms with Crippen LogP contribution in [-0.2, 0) is 6.54 Å². The lowest BCUT2D eigenvalue weighted by atomic mass is 10.0. The highest BCUT2D eigenvalue weighted by atomic mass is 35.5. The molecule has 0 aliphatic heterocycles. The molecular formula is C24H14Cl4N2. The zero-order valence-electron chi connectivity index (χ0n) is 15.5. The van der Waals surface area contributed by atoms with Gasteiger partial charge in [-0.05, 0) is 47.5 Å². The Kier molecular flexibility index (Phi) is 6.09. The fourth-order valence-corrected chi connectivity index (χ4v) is 4.12. The molecule has 0 radical (unpaired) electrons. The van der Waals surface area contributed by atoms with Crippen LogP contribution in [0, 0.1) is 11.3 Å². The Balaban J connectivity index is 1.80. The minimum absolute atomic E-state index is 0.412. The van der Waals surface area contributed by atoms with E-state index in [-0.39, 0.29) is 0 Å². The number of benzene rings is 3. The molecule has 0 spiro atoms. The van der Waals surface area contributed by atoms with Crippen LogP contribution in [0.4, 0.5) is 0 Å². The highest BCUT2D eigenvalue weighted by molar-refractivity contribution is 6.42. The predicted octanol–water partition coefficient (Wildman–Crippen LogP) is 8.37. The Hall–Kier alpha value is -2.41. The molecule has 0 unspecified atom stereocenters. The smallest absolute Gasteiger partial charge is 0.0998 e. The van der Waals surface area contributed by atoms with Gasteiger partial charge in [0.05, 0.1) is 21.7 Å². The van der Waals surface area contributed by atoms with E-state index in [1.54, 1.807) is 24.3 Å². The highest BCUT2D eigenvalue weighted by Gasteiger charge is 2.11. The maximum Gasteiger partial charge on any atom is 0.0998 e. The predicted molar refractivity (Wildman–Crippen MR) is 127 cm³/mol. The molecule has 0 saturated carbocycles. The molecule has 4 rings (SSSR count). The van der Waals surface area contributed by atoms with Crippen molar-refractivity contribution in [3.63, 3.8) is 0 Å². The summed E-state index contributed by atoms with van der Waals surface area (Å²) in [5.74, 6) is 0. The molecule has 0 N–H and O–H groups in total. The van der Waals surface area contributed by atoms with Crippen molar-refractivity contribution >= 4 is 69.0 Å². The standard InChI is InChI=1S/C24H14Cl4N2/c25-19-7-5-16(22(27)11-19)13-30-14-18(20-3-1-2-4-24(20)30)9-17(12-29)15-6-8-21(26)23(28)10-15/h1-11,14H,13H2/b17-9+. The molecule has 6 heteroatoms. The van der Waals surface area contributed by atoms with Crippen molar-refractivity contribution in [2.24, 2.45) is 0 Å². The molecule has 0 aliphatic rings. The maximum atomic E-state index is 9.75. The van der Waals surface area contributed by atoms with E-state index in [1.807, 2.05) is 48.7 Å². The number of nitrogens with zero attached hydrogens (tertiary/aromatic N) is 2. The summed E-state index contributed by atoms with van der Waals surface area (Å²) in [6.45, 7) is 0.582. The Morgan fingerprint density at radius 1 is 0.900 bits per heavy atom. The van der Waals surface area contributed by atoms with Crippen molar-refractivity contribution in [2.45, 2.75) is 6.54 Å². The molecule has 3 aromatic carbocycles. The van der Waals surface area contributed by atoms with Crippen LogP contribution in [0.25, 0.3) is 22.6 Å². The van der Waals surface area contributed by atoms with E-state index < -0.39 is 0 Å². The zero-order chi connectivity index (χ0) is 21.3. The van der Waals surface area contributed by atoms with Gasteiger partial charge < -0.3 is 4.57 Å². The van der Waals surface area contributed by atoms with Crippen molar-refractivity contribution in [2.75, 3.05) is 0 Å². The molecule has 0 saturated heterocycles. The number of hydrogen-bond acceptors (Lipinski definition) is 1. The lowest BCUT2D eigenvalue weighted by molar-refractivity contribution is 0.836. The third kappa shape index (κ3) is 4.21. The zero-order valence-corrected chi connectivity index (χ0v) is 18.6. The van der Waals surface area contributed by atoms with Crippen LogP contribution in [0.3, 0.4) is 0 Å². The summed E-state index contributed by atoms with van der Waals surface area (Å²) in [7, 11) is 0. The van der Waals surface area contributed by atoms with E-state index in [0.29, 0.717) is 37.8 Å². The topological polar surface area (TPSA) is 28.7 Å². The number of allylic oxidation sites excluding steroid dienone is 1. The maximum absolute atomic E-state index is 9.75. The Labute approximate surface area is 194 Å². The van der Waals surface area contributed by atoms with E-state index in [4.69, 9.17) is 46.4 Å². The molecule has 30 heavy (non-hydrogen) atoms. The van der Waals surface area contributed by atoms with Gasteiger partial charge in [0.25, 0.3) is 0 Å². The van der Waals surface area contributed by atoms with Crippen molar-refractivity contribution in [1.29, 1.82) is 5.26 Å². The number of aromatic nitrogens is 1. The number of rotatable bonds is 4. The van der Waals surface area contributed by atoms with E-state index in [0.717, 1.165) is 22.0 Å². The minimum Gasteiger partial charge on any atom is -0.342 e. The Morgan fingerprint density at radius 3 is 2.43 bits per heavy atom. The summed E-state index contributed by atoms with van der Waals surface area (Å²) in [6, 6.07) is 21.0. The van der Waals surface area contributed by atoms with Gasteiger partial charge >= 0.3 is 0 Å². The van der Waals surface area contributed by atoms with E-state index in [1.165, 1.54) is 0 Å². The van der Waals surface area contributed by atoms with Gasteiger partial charge in [-0.2, -0.15) is 5.26 Å². The van der Waals surface area contributed by atoms with Crippen molar-refractivity contribution < 1.29 is 0 Å². The van der Waals surface area contributed by atoms with Gasteiger partial charge in [-0.15, -0.1) is 0 Å². The van der Waals surface area contributed by atoms with Gasteiger partial charge in [0.15, 0.2) is 0 Å². The number of fused-ring (bicyclic) bond motifs is 1. The average Bonchev–Trinajstić information content (AvgIpc) is 3.08. The van der Waals surface area contributed by atoms with Crippen molar-refractivity contribution in [1.82, 2.24) is 4.57 Å². The summed E-state index contributed by atoms with van der Waals surface area (Å²) in [5.41, 5.74) is 4.15. The highest BCUT2D eigenvalue weighted by Crippen LogP contribution is 2.30. The molecule has 1 aromatic heterocycles. The van der Waals surface area contributed by atoms with Crippen LogP contribution in [0.2, 0.25) is 20.1 Å². The Bertz CT molecular complexity index is 1330. The summed E-state index contributed by atoms with van der Waals surface area (Å²) in [5, 5.41) is 12.9. The largest absolute Gasteiger partial charge is 0.342 e. The van der Waals surface area contributed by atoms with E-state index in [2.05, 4.69) is 10.6 Å². The van der Waals surface area contributed by atoms with Gasteiger partial charge in [-0.25, -0.2) is 0 Å². The molecule has 4 aromatic rings. The monoisotopic (exact) mass is 470 g/mol. The second-order valence-corrected chi connectivity index (χ2v) is 8.42. The summed E-state index contributed by atoms with van der Waals surface area (Å²) in [4.78, 5) is 0. The number of nitriles is 1. The van der Waals surface area contributed by atoms with E-state index in [9.17, 15) is 5.26 Å². The van der Waals surface area contributed by atoms with Gasteiger partial charge in [-0.3, -0.25) is 0 Å². The summed E-state index contributed by atoms with van der Waals surface area (Å²) >= 11 is 24.6. The van der Waals surface area contributed by atoms with Gasteiger partial charge in [-0.1, -0.05) is 76.7 Å². The number of hydrogen-bond donors (Lipinski definition) is 0. The Morgan fingerprint density at radius 2 is 1.70 bits per heavy atom. The molecule has 1 heterocycles. The molecule has 0 aliphatic carbocycles. The molecule has 0 atom stereocenters. The molecule has 2 nitrogen and oxygen atoms in total. The van der Waals surface area contributed by atoms with Crippen LogP contribution in [0.1, 0.15) is 16.7 Å². The van der Waals surface area contributed by atoms with Gasteiger partial charge in [0.1, 0.15) is 0 Å². The average molecular weight is 472 g/mol. The third-order valence-corrected chi connectivity index (χ3v) is 6.15. The van der Waals surface area contributed by atoms with Crippen LogP contribution < -0.4 is 0 Å². The summed E-state index contributed by atoms with van der Waals surface area (Å²) in [6.07, 6.45) is 3.88. The van der Waals surface area contributed by atoms with Crippen LogP contribution in [-0.4, -0.2) is 4.57 Å². The molecule has 148 valence electrons. The van der Waals surface area contributed by atoms with Crippen LogP contribution in [0.15, 0.2) is 66.9 Å². The third-order valence-electron chi connectivity index (χ3n) is 4.83. The number of halogens is 4. The minimum atomic E-state index is 0.412. The molecule has 0 fully saturated rings. The van der Waals surface area contributed by atoms with E-state index >= 15 is 0 Å².